The molecule has 0 aliphatic rings. The monoisotopic (exact) mass is 352 g/mol. The summed E-state index contributed by atoms with van der Waals surface area (Å²) in [6.07, 6.45) is 0. The zero-order valence-electron chi connectivity index (χ0n) is 11.4. The van der Waals surface area contributed by atoms with Gasteiger partial charge in [0.05, 0.1) is 12.2 Å². The lowest BCUT2D eigenvalue weighted by Gasteiger charge is -2.09. The SMILES string of the molecule is CCOC(=O)c1cccc(OCc2ccc(Br)cc2F)c1. The fourth-order valence-corrected chi connectivity index (χ4v) is 2.06. The predicted octanol–water partition coefficient (Wildman–Crippen LogP) is 4.34. The number of carbonyl (C=O) groups excluding carboxylic acids is 1. The van der Waals surface area contributed by atoms with Crippen LogP contribution in [-0.2, 0) is 11.3 Å². The van der Waals surface area contributed by atoms with E-state index in [1.165, 1.54) is 6.07 Å². The minimum atomic E-state index is -0.405. The van der Waals surface area contributed by atoms with Crippen LogP contribution < -0.4 is 4.74 Å². The van der Waals surface area contributed by atoms with Crippen molar-refractivity contribution in [1.82, 2.24) is 0 Å². The Morgan fingerprint density at radius 3 is 2.76 bits per heavy atom. The van der Waals surface area contributed by atoms with E-state index in [1.807, 2.05) is 0 Å². The number of hydrogen-bond acceptors (Lipinski definition) is 3. The summed E-state index contributed by atoms with van der Waals surface area (Å²) in [5, 5.41) is 0. The van der Waals surface area contributed by atoms with Gasteiger partial charge in [0.15, 0.2) is 0 Å². The Morgan fingerprint density at radius 2 is 2.05 bits per heavy atom. The molecule has 0 aliphatic carbocycles. The molecule has 0 atom stereocenters. The van der Waals surface area contributed by atoms with Crippen molar-refractivity contribution in [2.45, 2.75) is 13.5 Å². The van der Waals surface area contributed by atoms with Crippen molar-refractivity contribution >= 4 is 21.9 Å². The highest BCUT2D eigenvalue weighted by Gasteiger charge is 2.08. The molecule has 0 heterocycles. The van der Waals surface area contributed by atoms with E-state index in [0.717, 1.165) is 0 Å². The summed E-state index contributed by atoms with van der Waals surface area (Å²) in [5.41, 5.74) is 0.852. The van der Waals surface area contributed by atoms with Gasteiger partial charge in [-0.2, -0.15) is 0 Å². The van der Waals surface area contributed by atoms with E-state index >= 15 is 0 Å². The van der Waals surface area contributed by atoms with E-state index in [4.69, 9.17) is 9.47 Å². The third kappa shape index (κ3) is 4.29. The Kier molecular flexibility index (Phi) is 5.33. The van der Waals surface area contributed by atoms with E-state index < -0.39 is 5.97 Å². The van der Waals surface area contributed by atoms with Crippen LogP contribution in [0, 0.1) is 5.82 Å². The number of esters is 1. The average Bonchev–Trinajstić information content (AvgIpc) is 2.47. The molecular weight excluding hydrogens is 339 g/mol. The number of halogens is 2. The number of benzene rings is 2. The molecule has 0 fully saturated rings. The van der Waals surface area contributed by atoms with Crippen LogP contribution in [0.15, 0.2) is 46.9 Å². The average molecular weight is 353 g/mol. The van der Waals surface area contributed by atoms with Gasteiger partial charge in [-0.05, 0) is 37.3 Å². The summed E-state index contributed by atoms with van der Waals surface area (Å²) in [6.45, 7) is 2.15. The lowest BCUT2D eigenvalue weighted by Crippen LogP contribution is -2.05. The third-order valence-electron chi connectivity index (χ3n) is 2.75. The van der Waals surface area contributed by atoms with Gasteiger partial charge >= 0.3 is 5.97 Å². The molecule has 0 amide bonds. The van der Waals surface area contributed by atoms with Crippen molar-refractivity contribution in [3.05, 3.63) is 63.9 Å². The molecule has 5 heteroatoms. The van der Waals surface area contributed by atoms with Gasteiger partial charge in [0.25, 0.3) is 0 Å². The van der Waals surface area contributed by atoms with Gasteiger partial charge in [0.1, 0.15) is 18.2 Å². The summed E-state index contributed by atoms with van der Waals surface area (Å²) in [6, 6.07) is 11.4. The first kappa shape index (κ1) is 15.5. The van der Waals surface area contributed by atoms with Gasteiger partial charge in [-0.15, -0.1) is 0 Å². The standard InChI is InChI=1S/C16H14BrFO3/c1-2-20-16(19)11-4-3-5-14(8-11)21-10-12-6-7-13(17)9-15(12)18/h3-9H,2,10H2,1H3. The molecule has 21 heavy (non-hydrogen) atoms. The van der Waals surface area contributed by atoms with Crippen LogP contribution in [0.1, 0.15) is 22.8 Å². The maximum atomic E-state index is 13.7. The minimum Gasteiger partial charge on any atom is -0.489 e. The van der Waals surface area contributed by atoms with Crippen molar-refractivity contribution in [2.24, 2.45) is 0 Å². The smallest absolute Gasteiger partial charge is 0.338 e. The van der Waals surface area contributed by atoms with Crippen molar-refractivity contribution in [3.63, 3.8) is 0 Å². The number of carbonyl (C=O) groups is 1. The fraction of sp³-hybridized carbons (Fsp3) is 0.188. The lowest BCUT2D eigenvalue weighted by atomic mass is 10.2. The first-order chi connectivity index (χ1) is 10.1. The molecule has 0 radical (unpaired) electrons. The molecular formula is C16H14BrFO3. The molecule has 0 bridgehead atoms. The van der Waals surface area contributed by atoms with Gasteiger partial charge in [0.2, 0.25) is 0 Å². The van der Waals surface area contributed by atoms with Crippen LogP contribution >= 0.6 is 15.9 Å². The van der Waals surface area contributed by atoms with E-state index in [2.05, 4.69) is 15.9 Å². The summed E-state index contributed by atoms with van der Waals surface area (Å²) >= 11 is 3.20. The summed E-state index contributed by atoms with van der Waals surface area (Å²) in [4.78, 5) is 11.6. The Morgan fingerprint density at radius 1 is 1.24 bits per heavy atom. The Labute approximate surface area is 130 Å². The highest BCUT2D eigenvalue weighted by Crippen LogP contribution is 2.19. The quantitative estimate of drug-likeness (QED) is 0.750. The topological polar surface area (TPSA) is 35.5 Å². The second kappa shape index (κ2) is 7.22. The van der Waals surface area contributed by atoms with Gasteiger partial charge in [-0.25, -0.2) is 9.18 Å². The van der Waals surface area contributed by atoms with Crippen molar-refractivity contribution in [2.75, 3.05) is 6.61 Å². The molecule has 0 aromatic heterocycles. The number of rotatable bonds is 5. The normalized spacial score (nSPS) is 10.2. The highest BCUT2D eigenvalue weighted by atomic mass is 79.9. The van der Waals surface area contributed by atoms with Crippen LogP contribution in [0.3, 0.4) is 0 Å². The van der Waals surface area contributed by atoms with E-state index in [0.29, 0.717) is 28.0 Å². The van der Waals surface area contributed by atoms with E-state index in [-0.39, 0.29) is 12.4 Å². The molecule has 0 aliphatic heterocycles. The lowest BCUT2D eigenvalue weighted by molar-refractivity contribution is 0.0526. The van der Waals surface area contributed by atoms with Crippen molar-refractivity contribution < 1.29 is 18.7 Å². The zero-order chi connectivity index (χ0) is 15.2. The molecule has 2 rings (SSSR count). The molecule has 0 saturated heterocycles. The molecule has 2 aromatic carbocycles. The summed E-state index contributed by atoms with van der Waals surface area (Å²) in [7, 11) is 0. The summed E-state index contributed by atoms with van der Waals surface area (Å²) in [5.74, 6) is -0.258. The van der Waals surface area contributed by atoms with Gasteiger partial charge in [0, 0.05) is 10.0 Å². The van der Waals surface area contributed by atoms with Gasteiger partial charge in [-0.3, -0.25) is 0 Å². The van der Waals surface area contributed by atoms with Crippen LogP contribution in [-0.4, -0.2) is 12.6 Å². The number of ether oxygens (including phenoxy) is 2. The maximum absolute atomic E-state index is 13.7. The van der Waals surface area contributed by atoms with E-state index in [9.17, 15) is 9.18 Å². The zero-order valence-corrected chi connectivity index (χ0v) is 13.0. The van der Waals surface area contributed by atoms with Gasteiger partial charge in [-0.1, -0.05) is 28.1 Å². The molecule has 2 aromatic rings. The van der Waals surface area contributed by atoms with Crippen LogP contribution in [0.4, 0.5) is 4.39 Å². The highest BCUT2D eigenvalue weighted by molar-refractivity contribution is 9.10. The predicted molar refractivity (Wildman–Crippen MR) is 80.8 cm³/mol. The molecule has 0 saturated carbocycles. The second-order valence-electron chi connectivity index (χ2n) is 4.27. The third-order valence-corrected chi connectivity index (χ3v) is 3.25. The molecule has 0 unspecified atom stereocenters. The number of hydrogen-bond donors (Lipinski definition) is 0. The minimum absolute atomic E-state index is 0.0887. The van der Waals surface area contributed by atoms with Crippen LogP contribution in [0.25, 0.3) is 0 Å². The van der Waals surface area contributed by atoms with Crippen LogP contribution in [0.5, 0.6) is 5.75 Å². The first-order valence-corrected chi connectivity index (χ1v) is 7.23. The fourth-order valence-electron chi connectivity index (χ4n) is 1.73. The molecule has 3 nitrogen and oxygen atoms in total. The first-order valence-electron chi connectivity index (χ1n) is 6.44. The second-order valence-corrected chi connectivity index (χ2v) is 5.19. The van der Waals surface area contributed by atoms with Gasteiger partial charge < -0.3 is 9.47 Å². The molecule has 0 N–H and O–H groups in total. The maximum Gasteiger partial charge on any atom is 0.338 e. The van der Waals surface area contributed by atoms with Crippen molar-refractivity contribution in [1.29, 1.82) is 0 Å². The summed E-state index contributed by atoms with van der Waals surface area (Å²) < 4.78 is 24.8. The molecule has 110 valence electrons. The van der Waals surface area contributed by atoms with Crippen LogP contribution in [0.2, 0.25) is 0 Å². The Balaban J connectivity index is 2.06. The largest absolute Gasteiger partial charge is 0.489 e. The Bertz CT molecular complexity index is 643. The van der Waals surface area contributed by atoms with E-state index in [1.54, 1.807) is 43.3 Å². The Hall–Kier alpha value is -1.88. The molecule has 0 spiro atoms. The van der Waals surface area contributed by atoms with Crippen molar-refractivity contribution in [3.8, 4) is 5.75 Å².